The smallest absolute Gasteiger partial charge is 0.213 e. The van der Waals surface area contributed by atoms with Crippen molar-refractivity contribution >= 4 is 12.1 Å². The van der Waals surface area contributed by atoms with Gasteiger partial charge in [-0.1, -0.05) is 0 Å². The second-order valence-electron chi connectivity index (χ2n) is 4.29. The van der Waals surface area contributed by atoms with Gasteiger partial charge in [-0.3, -0.25) is 14.7 Å². The highest BCUT2D eigenvalue weighted by molar-refractivity contribution is 5.76. The lowest BCUT2D eigenvalue weighted by Gasteiger charge is -2.24. The fourth-order valence-electron chi connectivity index (χ4n) is 2.34. The van der Waals surface area contributed by atoms with Crippen molar-refractivity contribution in [3.05, 3.63) is 24.0 Å². The van der Waals surface area contributed by atoms with E-state index in [1.165, 1.54) is 6.42 Å². The van der Waals surface area contributed by atoms with Crippen LogP contribution in [-0.2, 0) is 4.79 Å². The molecule has 0 aliphatic carbocycles. The van der Waals surface area contributed by atoms with Crippen LogP contribution in [0.4, 0.5) is 5.69 Å². The SMILES string of the molecule is CN(C=O)c1ccncc1C1CCCN1C. The van der Waals surface area contributed by atoms with Crippen molar-refractivity contribution in [1.82, 2.24) is 9.88 Å². The van der Waals surface area contributed by atoms with Crippen molar-refractivity contribution in [1.29, 1.82) is 0 Å². The number of nitrogens with zero attached hydrogens (tertiary/aromatic N) is 3. The van der Waals surface area contributed by atoms with Crippen molar-refractivity contribution in [3.8, 4) is 0 Å². The molecule has 1 atom stereocenters. The molecule has 0 saturated carbocycles. The first-order valence-corrected chi connectivity index (χ1v) is 5.56. The molecule has 0 spiro atoms. The maximum Gasteiger partial charge on any atom is 0.213 e. The number of hydrogen-bond acceptors (Lipinski definition) is 3. The van der Waals surface area contributed by atoms with Gasteiger partial charge in [0.25, 0.3) is 0 Å². The normalized spacial score (nSPS) is 21.0. The van der Waals surface area contributed by atoms with Gasteiger partial charge in [0, 0.05) is 31.0 Å². The van der Waals surface area contributed by atoms with E-state index in [2.05, 4.69) is 16.9 Å². The Labute approximate surface area is 95.9 Å². The quantitative estimate of drug-likeness (QED) is 0.722. The molecule has 1 fully saturated rings. The Balaban J connectivity index is 2.35. The maximum atomic E-state index is 10.8. The molecule has 86 valence electrons. The molecule has 0 aromatic carbocycles. The molecule has 1 aliphatic rings. The Hall–Kier alpha value is -1.42. The third-order valence-electron chi connectivity index (χ3n) is 3.25. The van der Waals surface area contributed by atoms with Crippen molar-refractivity contribution in [2.45, 2.75) is 18.9 Å². The first-order valence-electron chi connectivity index (χ1n) is 5.56. The lowest BCUT2D eigenvalue weighted by atomic mass is 10.0. The Kier molecular flexibility index (Phi) is 3.19. The van der Waals surface area contributed by atoms with Gasteiger partial charge in [0.15, 0.2) is 0 Å². The van der Waals surface area contributed by atoms with Crippen LogP contribution in [0.3, 0.4) is 0 Å². The predicted molar refractivity (Wildman–Crippen MR) is 63.3 cm³/mol. The van der Waals surface area contributed by atoms with E-state index in [4.69, 9.17) is 0 Å². The van der Waals surface area contributed by atoms with Gasteiger partial charge in [-0.25, -0.2) is 0 Å². The first kappa shape index (κ1) is 11.1. The number of hydrogen-bond donors (Lipinski definition) is 0. The third kappa shape index (κ3) is 1.93. The third-order valence-corrected chi connectivity index (χ3v) is 3.25. The summed E-state index contributed by atoms with van der Waals surface area (Å²) in [6, 6.07) is 2.29. The molecule has 1 unspecified atom stereocenters. The maximum absolute atomic E-state index is 10.8. The van der Waals surface area contributed by atoms with E-state index in [1.54, 1.807) is 18.1 Å². The molecule has 0 N–H and O–H groups in total. The zero-order chi connectivity index (χ0) is 11.5. The molecular formula is C12H17N3O. The second kappa shape index (κ2) is 4.61. The minimum atomic E-state index is 0.395. The summed E-state index contributed by atoms with van der Waals surface area (Å²) >= 11 is 0. The Morgan fingerprint density at radius 1 is 1.62 bits per heavy atom. The molecule has 0 bridgehead atoms. The summed E-state index contributed by atoms with van der Waals surface area (Å²) in [6.45, 7) is 1.11. The number of carbonyl (C=O) groups excluding carboxylic acids is 1. The molecule has 1 aliphatic heterocycles. The van der Waals surface area contributed by atoms with Gasteiger partial charge in [0.1, 0.15) is 0 Å². The number of pyridine rings is 1. The molecule has 16 heavy (non-hydrogen) atoms. The topological polar surface area (TPSA) is 36.4 Å². The van der Waals surface area contributed by atoms with Gasteiger partial charge in [-0.05, 0) is 32.5 Å². The fraction of sp³-hybridized carbons (Fsp3) is 0.500. The largest absolute Gasteiger partial charge is 0.318 e. The summed E-state index contributed by atoms with van der Waals surface area (Å²) in [5, 5.41) is 0. The molecule has 1 saturated heterocycles. The van der Waals surface area contributed by atoms with E-state index in [9.17, 15) is 4.79 Å². The van der Waals surface area contributed by atoms with Crippen molar-refractivity contribution < 1.29 is 4.79 Å². The molecule has 0 radical (unpaired) electrons. The number of aromatic nitrogens is 1. The molecule has 1 amide bonds. The Morgan fingerprint density at radius 2 is 2.44 bits per heavy atom. The molecular weight excluding hydrogens is 202 g/mol. The molecule has 1 aromatic heterocycles. The van der Waals surface area contributed by atoms with Gasteiger partial charge in [-0.2, -0.15) is 0 Å². The number of rotatable bonds is 3. The van der Waals surface area contributed by atoms with Crippen LogP contribution < -0.4 is 4.90 Å². The molecule has 4 nitrogen and oxygen atoms in total. The second-order valence-corrected chi connectivity index (χ2v) is 4.29. The first-order chi connectivity index (χ1) is 7.74. The van der Waals surface area contributed by atoms with Crippen LogP contribution in [0, 0.1) is 0 Å². The molecule has 2 heterocycles. The molecule has 1 aromatic rings. The summed E-state index contributed by atoms with van der Waals surface area (Å²) in [6.07, 6.45) is 6.80. The van der Waals surface area contributed by atoms with E-state index < -0.39 is 0 Å². The lowest BCUT2D eigenvalue weighted by molar-refractivity contribution is -0.107. The number of carbonyl (C=O) groups is 1. The minimum absolute atomic E-state index is 0.395. The van der Waals surface area contributed by atoms with Gasteiger partial charge in [0.05, 0.1) is 5.69 Å². The van der Waals surface area contributed by atoms with E-state index in [0.29, 0.717) is 6.04 Å². The average molecular weight is 219 g/mol. The summed E-state index contributed by atoms with van der Waals surface area (Å²) in [5.41, 5.74) is 2.11. The molecule has 2 rings (SSSR count). The van der Waals surface area contributed by atoms with Crippen molar-refractivity contribution in [2.24, 2.45) is 0 Å². The van der Waals surface area contributed by atoms with Crippen LogP contribution in [0.2, 0.25) is 0 Å². The Bertz CT molecular complexity index is 380. The number of likely N-dealkylation sites (tertiary alicyclic amines) is 1. The minimum Gasteiger partial charge on any atom is -0.318 e. The van der Waals surface area contributed by atoms with Crippen LogP contribution in [-0.4, -0.2) is 36.9 Å². The van der Waals surface area contributed by atoms with E-state index >= 15 is 0 Å². The van der Waals surface area contributed by atoms with Gasteiger partial charge in [0.2, 0.25) is 6.41 Å². The monoisotopic (exact) mass is 219 g/mol. The van der Waals surface area contributed by atoms with Crippen molar-refractivity contribution in [3.63, 3.8) is 0 Å². The fourth-order valence-corrected chi connectivity index (χ4v) is 2.34. The Morgan fingerprint density at radius 3 is 3.06 bits per heavy atom. The standard InChI is InChI=1S/C12H17N3O/c1-14-7-3-4-11(14)10-8-13-6-5-12(10)15(2)9-16/h5-6,8-9,11H,3-4,7H2,1-2H3. The summed E-state index contributed by atoms with van der Waals surface area (Å²) in [5.74, 6) is 0. The van der Waals surface area contributed by atoms with Gasteiger partial charge in [-0.15, -0.1) is 0 Å². The zero-order valence-corrected chi connectivity index (χ0v) is 9.76. The van der Waals surface area contributed by atoms with Crippen LogP contribution in [0.15, 0.2) is 18.5 Å². The highest BCUT2D eigenvalue weighted by Crippen LogP contribution is 2.34. The van der Waals surface area contributed by atoms with E-state index in [-0.39, 0.29) is 0 Å². The number of amides is 1. The van der Waals surface area contributed by atoms with E-state index in [0.717, 1.165) is 30.6 Å². The zero-order valence-electron chi connectivity index (χ0n) is 9.76. The van der Waals surface area contributed by atoms with Crippen molar-refractivity contribution in [2.75, 3.05) is 25.5 Å². The molecule has 4 heteroatoms. The van der Waals surface area contributed by atoms with Crippen LogP contribution >= 0.6 is 0 Å². The number of anilines is 1. The average Bonchev–Trinajstić information content (AvgIpc) is 2.74. The highest BCUT2D eigenvalue weighted by Gasteiger charge is 2.25. The van der Waals surface area contributed by atoms with Crippen LogP contribution in [0.1, 0.15) is 24.4 Å². The van der Waals surface area contributed by atoms with Gasteiger partial charge >= 0.3 is 0 Å². The lowest BCUT2D eigenvalue weighted by Crippen LogP contribution is -2.22. The summed E-state index contributed by atoms with van der Waals surface area (Å²) < 4.78 is 0. The summed E-state index contributed by atoms with van der Waals surface area (Å²) in [4.78, 5) is 19.0. The predicted octanol–water partition coefficient (Wildman–Crippen LogP) is 1.44. The van der Waals surface area contributed by atoms with E-state index in [1.807, 2.05) is 12.3 Å². The highest BCUT2D eigenvalue weighted by atomic mass is 16.1. The van der Waals surface area contributed by atoms with Gasteiger partial charge < -0.3 is 4.90 Å². The summed E-state index contributed by atoms with van der Waals surface area (Å²) in [7, 11) is 3.90. The van der Waals surface area contributed by atoms with Crippen LogP contribution in [0.25, 0.3) is 0 Å². The van der Waals surface area contributed by atoms with Crippen LogP contribution in [0.5, 0.6) is 0 Å².